The highest BCUT2D eigenvalue weighted by Gasteiger charge is 2.52. The number of phenols is 1. The standard InChI is InChI=1S/C25H26N2O6/c1-15-16(2)27(31)22(26(15)14-17-9-6-5-7-10-17)20(18-11-8-12-19(28)13-18)21-23(29)32-25(3,4)33-24(21)30/h5-13,20-21,28H,14H2,1-4H3/t20-/m0/s1. The molecule has 0 radical (unpaired) electrons. The van der Waals surface area contributed by atoms with Gasteiger partial charge in [-0.15, -0.1) is 0 Å². The van der Waals surface area contributed by atoms with Crippen molar-refractivity contribution in [2.75, 3.05) is 0 Å². The van der Waals surface area contributed by atoms with Gasteiger partial charge in [0.25, 0.3) is 11.6 Å². The number of benzene rings is 2. The van der Waals surface area contributed by atoms with Crippen molar-refractivity contribution in [2.45, 2.75) is 45.9 Å². The van der Waals surface area contributed by atoms with Gasteiger partial charge < -0.3 is 19.8 Å². The van der Waals surface area contributed by atoms with Gasteiger partial charge >= 0.3 is 11.9 Å². The van der Waals surface area contributed by atoms with E-state index in [1.807, 2.05) is 37.3 Å². The van der Waals surface area contributed by atoms with Crippen molar-refractivity contribution < 1.29 is 28.9 Å². The summed E-state index contributed by atoms with van der Waals surface area (Å²) in [5.74, 6) is -5.29. The smallest absolute Gasteiger partial charge is 0.324 e. The van der Waals surface area contributed by atoms with Crippen molar-refractivity contribution in [3.8, 4) is 5.75 Å². The van der Waals surface area contributed by atoms with Crippen molar-refractivity contribution >= 4 is 11.9 Å². The lowest BCUT2D eigenvalue weighted by molar-refractivity contribution is -0.621. The minimum atomic E-state index is -1.41. The summed E-state index contributed by atoms with van der Waals surface area (Å²) in [4.78, 5) is 26.1. The summed E-state index contributed by atoms with van der Waals surface area (Å²) in [5.41, 5.74) is 2.52. The molecule has 0 spiro atoms. The second-order valence-electron chi connectivity index (χ2n) is 8.69. The third-order valence-corrected chi connectivity index (χ3v) is 5.94. The number of nitrogens with zero attached hydrogens (tertiary/aromatic N) is 2. The number of aromatic hydroxyl groups is 1. The summed E-state index contributed by atoms with van der Waals surface area (Å²) in [6.07, 6.45) is 0. The van der Waals surface area contributed by atoms with Gasteiger partial charge in [-0.3, -0.25) is 9.59 Å². The van der Waals surface area contributed by atoms with Crippen LogP contribution in [0, 0.1) is 25.0 Å². The summed E-state index contributed by atoms with van der Waals surface area (Å²) < 4.78 is 13.3. The van der Waals surface area contributed by atoms with Gasteiger partial charge in [0.2, 0.25) is 0 Å². The third kappa shape index (κ3) is 4.16. The minimum absolute atomic E-state index is 0.0533. The number of hydrogen-bond acceptors (Lipinski definition) is 6. The maximum absolute atomic E-state index is 13.4. The predicted octanol–water partition coefficient (Wildman–Crippen LogP) is 3.08. The Labute approximate surface area is 191 Å². The molecular weight excluding hydrogens is 424 g/mol. The number of hydrogen-bond donors (Lipinski definition) is 1. The van der Waals surface area contributed by atoms with Gasteiger partial charge in [0.05, 0.1) is 0 Å². The summed E-state index contributed by atoms with van der Waals surface area (Å²) in [6, 6.07) is 15.7. The Balaban J connectivity index is 1.93. The third-order valence-electron chi connectivity index (χ3n) is 5.94. The largest absolute Gasteiger partial charge is 0.711 e. The van der Waals surface area contributed by atoms with Gasteiger partial charge in [0, 0.05) is 27.7 Å². The molecule has 4 rings (SSSR count). The van der Waals surface area contributed by atoms with E-state index in [-0.39, 0.29) is 11.6 Å². The van der Waals surface area contributed by atoms with E-state index in [1.165, 1.54) is 26.0 Å². The fourth-order valence-corrected chi connectivity index (χ4v) is 4.26. The maximum atomic E-state index is 13.4. The van der Waals surface area contributed by atoms with Gasteiger partial charge in [-0.2, -0.15) is 0 Å². The molecule has 1 aliphatic heterocycles. The molecule has 0 saturated carbocycles. The van der Waals surface area contributed by atoms with Gasteiger partial charge in [-0.1, -0.05) is 42.5 Å². The zero-order chi connectivity index (χ0) is 23.9. The Bertz CT molecular complexity index is 1200. The van der Waals surface area contributed by atoms with E-state index >= 15 is 0 Å². The van der Waals surface area contributed by atoms with Crippen LogP contribution in [0.3, 0.4) is 0 Å². The molecule has 0 amide bonds. The minimum Gasteiger partial charge on any atom is -0.711 e. The SMILES string of the molecule is Cc1c(C)[n+]([O-])c([C@@H](c2cccc(O)c2)C2C(=O)OC(C)(C)OC2=O)n1Cc1ccccc1. The van der Waals surface area contributed by atoms with Gasteiger partial charge in [-0.05, 0) is 23.3 Å². The average Bonchev–Trinajstić information content (AvgIpc) is 2.94. The Kier molecular flexibility index (Phi) is 5.61. The van der Waals surface area contributed by atoms with Crippen LogP contribution in [-0.4, -0.2) is 27.4 Å². The number of carbonyl (C=O) groups is 2. The monoisotopic (exact) mass is 450 g/mol. The number of esters is 2. The molecule has 1 saturated heterocycles. The Hall–Kier alpha value is -3.81. The molecule has 33 heavy (non-hydrogen) atoms. The Morgan fingerprint density at radius 1 is 1.06 bits per heavy atom. The molecule has 8 nitrogen and oxygen atoms in total. The lowest BCUT2D eigenvalue weighted by Gasteiger charge is -2.35. The molecule has 0 unspecified atom stereocenters. The second-order valence-corrected chi connectivity index (χ2v) is 8.69. The first-order chi connectivity index (χ1) is 15.6. The molecule has 3 aromatic rings. The molecule has 1 atom stereocenters. The zero-order valence-corrected chi connectivity index (χ0v) is 18.9. The fourth-order valence-electron chi connectivity index (χ4n) is 4.26. The predicted molar refractivity (Wildman–Crippen MR) is 118 cm³/mol. The lowest BCUT2D eigenvalue weighted by atomic mass is 9.84. The number of phenolic OH excluding ortho intramolecular Hbond substituents is 1. The Morgan fingerprint density at radius 3 is 2.30 bits per heavy atom. The van der Waals surface area contributed by atoms with E-state index in [9.17, 15) is 19.9 Å². The van der Waals surface area contributed by atoms with E-state index in [0.29, 0.717) is 23.5 Å². The first kappa shape index (κ1) is 22.4. The molecule has 0 bridgehead atoms. The van der Waals surface area contributed by atoms with Crippen LogP contribution in [-0.2, 0) is 25.6 Å². The van der Waals surface area contributed by atoms with E-state index in [4.69, 9.17) is 9.47 Å². The molecule has 2 heterocycles. The molecular formula is C25H26N2O6. The van der Waals surface area contributed by atoms with Crippen molar-refractivity contribution in [3.05, 3.63) is 88.1 Å². The topological polar surface area (TPSA) is 105 Å². The van der Waals surface area contributed by atoms with Crippen LogP contribution in [0.5, 0.6) is 5.75 Å². The fraction of sp³-hybridized carbons (Fsp3) is 0.320. The number of ether oxygens (including phenoxy) is 2. The van der Waals surface area contributed by atoms with Gasteiger partial charge in [-0.25, -0.2) is 9.30 Å². The molecule has 0 aliphatic carbocycles. The van der Waals surface area contributed by atoms with Crippen molar-refractivity contribution in [3.63, 3.8) is 0 Å². The number of aromatic nitrogens is 2. The van der Waals surface area contributed by atoms with E-state index in [2.05, 4.69) is 0 Å². The summed E-state index contributed by atoms with van der Waals surface area (Å²) >= 11 is 0. The average molecular weight is 450 g/mol. The molecule has 1 aliphatic rings. The van der Waals surface area contributed by atoms with Gasteiger partial charge in [0.1, 0.15) is 29.6 Å². The molecule has 2 aromatic carbocycles. The van der Waals surface area contributed by atoms with Crippen LogP contribution in [0.4, 0.5) is 0 Å². The molecule has 1 fully saturated rings. The first-order valence-corrected chi connectivity index (χ1v) is 10.7. The number of carbonyl (C=O) groups excluding carboxylic acids is 2. The van der Waals surface area contributed by atoms with E-state index in [1.54, 1.807) is 23.6 Å². The summed E-state index contributed by atoms with van der Waals surface area (Å²) in [7, 11) is 0. The van der Waals surface area contributed by atoms with Gasteiger partial charge in [0.15, 0.2) is 5.92 Å². The summed E-state index contributed by atoms with van der Waals surface area (Å²) in [5, 5.41) is 23.5. The Morgan fingerprint density at radius 2 is 1.70 bits per heavy atom. The van der Waals surface area contributed by atoms with Crippen LogP contribution in [0.2, 0.25) is 0 Å². The molecule has 8 heteroatoms. The maximum Gasteiger partial charge on any atom is 0.324 e. The van der Waals surface area contributed by atoms with Crippen molar-refractivity contribution in [1.82, 2.24) is 4.57 Å². The van der Waals surface area contributed by atoms with Crippen LogP contribution in [0.25, 0.3) is 0 Å². The number of rotatable bonds is 5. The van der Waals surface area contributed by atoms with Crippen LogP contribution in [0.1, 0.15) is 48.1 Å². The molecule has 1 aromatic heterocycles. The normalized spacial score (nSPS) is 16.8. The zero-order valence-electron chi connectivity index (χ0n) is 18.9. The summed E-state index contributed by atoms with van der Waals surface area (Å²) in [6.45, 7) is 6.81. The van der Waals surface area contributed by atoms with Crippen molar-refractivity contribution in [1.29, 1.82) is 0 Å². The van der Waals surface area contributed by atoms with Crippen molar-refractivity contribution in [2.24, 2.45) is 5.92 Å². The second kappa shape index (κ2) is 8.27. The lowest BCUT2D eigenvalue weighted by Crippen LogP contribution is -2.50. The van der Waals surface area contributed by atoms with Crippen LogP contribution < -0.4 is 4.73 Å². The van der Waals surface area contributed by atoms with Crippen LogP contribution in [0.15, 0.2) is 54.6 Å². The first-order valence-electron chi connectivity index (χ1n) is 10.7. The highest BCUT2D eigenvalue weighted by atomic mass is 16.7. The number of cyclic esters (lactones) is 2. The van der Waals surface area contributed by atoms with E-state index < -0.39 is 29.6 Å². The molecule has 172 valence electrons. The molecule has 1 N–H and O–H groups in total. The van der Waals surface area contributed by atoms with Crippen LogP contribution >= 0.6 is 0 Å². The van der Waals surface area contributed by atoms with E-state index in [0.717, 1.165) is 10.3 Å². The highest BCUT2D eigenvalue weighted by Crippen LogP contribution is 2.38. The highest BCUT2D eigenvalue weighted by molar-refractivity contribution is 5.98. The number of imidazole rings is 1. The quantitative estimate of drug-likeness (QED) is 0.277.